The smallest absolute Gasteiger partial charge is 0.102 e. The molecule has 2 atom stereocenters. The number of hydrogen-bond acceptors (Lipinski definition) is 2. The fourth-order valence-corrected chi connectivity index (χ4v) is 2.10. The van der Waals surface area contributed by atoms with Crippen LogP contribution in [0.1, 0.15) is 33.6 Å². The van der Waals surface area contributed by atoms with Crippen molar-refractivity contribution in [1.82, 2.24) is 5.32 Å². The fraction of sp³-hybridized carbons (Fsp3) is 0.667. The Kier molecular flexibility index (Phi) is 3.90. The van der Waals surface area contributed by atoms with Crippen molar-refractivity contribution in [2.45, 2.75) is 45.3 Å². The van der Waals surface area contributed by atoms with E-state index in [9.17, 15) is 5.11 Å². The lowest BCUT2D eigenvalue weighted by atomic mass is 9.86. The summed E-state index contributed by atoms with van der Waals surface area (Å²) in [4.78, 5) is 0. The molecule has 1 heterocycles. The van der Waals surface area contributed by atoms with Gasteiger partial charge in [0.1, 0.15) is 5.60 Å². The second kappa shape index (κ2) is 4.76. The molecular weight excluding hydrogens is 174 g/mol. The molecule has 0 amide bonds. The molecule has 80 valence electrons. The van der Waals surface area contributed by atoms with Crippen LogP contribution in [0, 0.1) is 0 Å². The SMILES string of the molecule is C/C=C\C(=C/C)C(C)(O)[C@H]1CCCN1. The van der Waals surface area contributed by atoms with Crippen LogP contribution in [0.3, 0.4) is 0 Å². The summed E-state index contributed by atoms with van der Waals surface area (Å²) in [5.41, 5.74) is 0.261. The van der Waals surface area contributed by atoms with E-state index in [1.807, 2.05) is 39.0 Å². The van der Waals surface area contributed by atoms with Crippen LogP contribution in [0.15, 0.2) is 23.8 Å². The largest absolute Gasteiger partial charge is 0.384 e. The summed E-state index contributed by atoms with van der Waals surface area (Å²) in [6.45, 7) is 6.86. The normalized spacial score (nSPS) is 28.3. The van der Waals surface area contributed by atoms with Crippen molar-refractivity contribution in [3.8, 4) is 0 Å². The number of hydrogen-bond donors (Lipinski definition) is 2. The molecule has 2 nitrogen and oxygen atoms in total. The lowest BCUT2D eigenvalue weighted by Gasteiger charge is -2.31. The van der Waals surface area contributed by atoms with Crippen LogP contribution < -0.4 is 5.32 Å². The zero-order chi connectivity index (χ0) is 10.6. The highest BCUT2D eigenvalue weighted by Gasteiger charge is 2.35. The lowest BCUT2D eigenvalue weighted by Crippen LogP contribution is -2.46. The van der Waals surface area contributed by atoms with Crippen LogP contribution in [-0.4, -0.2) is 23.3 Å². The van der Waals surface area contributed by atoms with Gasteiger partial charge in [0.25, 0.3) is 0 Å². The van der Waals surface area contributed by atoms with Gasteiger partial charge in [-0.05, 0) is 45.7 Å². The molecule has 0 aromatic heterocycles. The van der Waals surface area contributed by atoms with Crippen molar-refractivity contribution in [3.05, 3.63) is 23.8 Å². The average Bonchev–Trinajstić information content (AvgIpc) is 2.66. The Morgan fingerprint density at radius 2 is 2.21 bits per heavy atom. The first-order valence-corrected chi connectivity index (χ1v) is 5.38. The van der Waals surface area contributed by atoms with E-state index < -0.39 is 5.60 Å². The number of aliphatic hydroxyl groups is 1. The van der Waals surface area contributed by atoms with E-state index in [0.717, 1.165) is 25.0 Å². The van der Waals surface area contributed by atoms with E-state index in [-0.39, 0.29) is 6.04 Å². The first-order chi connectivity index (χ1) is 6.62. The molecule has 0 aromatic rings. The van der Waals surface area contributed by atoms with Crippen molar-refractivity contribution in [3.63, 3.8) is 0 Å². The van der Waals surface area contributed by atoms with Gasteiger partial charge in [0.15, 0.2) is 0 Å². The monoisotopic (exact) mass is 195 g/mol. The fourth-order valence-electron chi connectivity index (χ4n) is 2.10. The molecule has 1 fully saturated rings. The quantitative estimate of drug-likeness (QED) is 0.675. The van der Waals surface area contributed by atoms with Crippen LogP contribution in [0.5, 0.6) is 0 Å². The summed E-state index contributed by atoms with van der Waals surface area (Å²) < 4.78 is 0. The molecule has 1 saturated heterocycles. The molecule has 1 aliphatic heterocycles. The molecule has 1 aliphatic rings. The van der Waals surface area contributed by atoms with Gasteiger partial charge < -0.3 is 10.4 Å². The third-order valence-corrected chi connectivity index (χ3v) is 2.98. The third kappa shape index (κ3) is 2.25. The maximum absolute atomic E-state index is 10.4. The summed E-state index contributed by atoms with van der Waals surface area (Å²) in [6.07, 6.45) is 8.16. The van der Waals surface area contributed by atoms with Gasteiger partial charge in [0.2, 0.25) is 0 Å². The Morgan fingerprint density at radius 3 is 2.64 bits per heavy atom. The first kappa shape index (κ1) is 11.5. The minimum absolute atomic E-state index is 0.199. The number of allylic oxidation sites excluding steroid dienone is 2. The summed E-state index contributed by atoms with van der Waals surface area (Å²) in [6, 6.07) is 0.199. The Hall–Kier alpha value is -0.600. The van der Waals surface area contributed by atoms with Gasteiger partial charge in [-0.15, -0.1) is 0 Å². The Balaban J connectivity index is 2.80. The molecule has 0 bridgehead atoms. The van der Waals surface area contributed by atoms with E-state index in [2.05, 4.69) is 5.32 Å². The van der Waals surface area contributed by atoms with Gasteiger partial charge in [-0.1, -0.05) is 18.2 Å². The Morgan fingerprint density at radius 1 is 1.50 bits per heavy atom. The average molecular weight is 195 g/mol. The third-order valence-electron chi connectivity index (χ3n) is 2.98. The predicted molar refractivity (Wildman–Crippen MR) is 60.2 cm³/mol. The molecule has 0 aliphatic carbocycles. The minimum Gasteiger partial charge on any atom is -0.384 e. The van der Waals surface area contributed by atoms with E-state index in [4.69, 9.17) is 0 Å². The molecule has 1 unspecified atom stereocenters. The molecule has 0 spiro atoms. The predicted octanol–water partition coefficient (Wildman–Crippen LogP) is 2.01. The second-order valence-corrected chi connectivity index (χ2v) is 4.04. The van der Waals surface area contributed by atoms with Gasteiger partial charge in [-0.25, -0.2) is 0 Å². The minimum atomic E-state index is -0.738. The highest BCUT2D eigenvalue weighted by molar-refractivity contribution is 5.29. The van der Waals surface area contributed by atoms with Gasteiger partial charge >= 0.3 is 0 Å². The molecule has 14 heavy (non-hydrogen) atoms. The van der Waals surface area contributed by atoms with E-state index in [1.165, 1.54) is 0 Å². The van der Waals surface area contributed by atoms with Crippen LogP contribution in [0.25, 0.3) is 0 Å². The van der Waals surface area contributed by atoms with E-state index >= 15 is 0 Å². The highest BCUT2D eigenvalue weighted by atomic mass is 16.3. The standard InChI is InChI=1S/C12H21NO/c1-4-7-10(5-2)12(3,14)11-8-6-9-13-11/h4-5,7,11,13-14H,6,8-9H2,1-3H3/b7-4-,10-5+/t11-,12?/m1/s1. The summed E-state index contributed by atoms with van der Waals surface area (Å²) in [7, 11) is 0. The number of rotatable bonds is 3. The topological polar surface area (TPSA) is 32.3 Å². The Labute approximate surface area is 86.7 Å². The van der Waals surface area contributed by atoms with Gasteiger partial charge in [0, 0.05) is 6.04 Å². The van der Waals surface area contributed by atoms with Crippen molar-refractivity contribution in [1.29, 1.82) is 0 Å². The molecule has 0 aromatic carbocycles. The van der Waals surface area contributed by atoms with Crippen LogP contribution >= 0.6 is 0 Å². The van der Waals surface area contributed by atoms with E-state index in [1.54, 1.807) is 0 Å². The summed E-state index contributed by atoms with van der Waals surface area (Å²) in [5, 5.41) is 13.8. The van der Waals surface area contributed by atoms with Crippen molar-refractivity contribution >= 4 is 0 Å². The van der Waals surface area contributed by atoms with Crippen molar-refractivity contribution < 1.29 is 5.11 Å². The molecule has 0 saturated carbocycles. The Bertz CT molecular complexity index is 235. The highest BCUT2D eigenvalue weighted by Crippen LogP contribution is 2.27. The maximum Gasteiger partial charge on any atom is 0.102 e. The number of nitrogens with one attached hydrogen (secondary N) is 1. The van der Waals surface area contributed by atoms with Gasteiger partial charge in [-0.3, -0.25) is 0 Å². The summed E-state index contributed by atoms with van der Waals surface area (Å²) >= 11 is 0. The van der Waals surface area contributed by atoms with Gasteiger partial charge in [0.05, 0.1) is 0 Å². The second-order valence-electron chi connectivity index (χ2n) is 4.04. The van der Waals surface area contributed by atoms with Crippen molar-refractivity contribution in [2.75, 3.05) is 6.54 Å². The van der Waals surface area contributed by atoms with Crippen LogP contribution in [-0.2, 0) is 0 Å². The molecule has 2 N–H and O–H groups in total. The summed E-state index contributed by atoms with van der Waals surface area (Å²) in [5.74, 6) is 0. The lowest BCUT2D eigenvalue weighted by molar-refractivity contribution is 0.0656. The van der Waals surface area contributed by atoms with Crippen molar-refractivity contribution in [2.24, 2.45) is 0 Å². The molecular formula is C12H21NO. The molecule has 0 radical (unpaired) electrons. The zero-order valence-electron chi connectivity index (χ0n) is 9.38. The molecule has 1 rings (SSSR count). The zero-order valence-corrected chi connectivity index (χ0v) is 9.38. The van der Waals surface area contributed by atoms with Crippen LogP contribution in [0.4, 0.5) is 0 Å². The van der Waals surface area contributed by atoms with Gasteiger partial charge in [-0.2, -0.15) is 0 Å². The van der Waals surface area contributed by atoms with Crippen LogP contribution in [0.2, 0.25) is 0 Å². The van der Waals surface area contributed by atoms with E-state index in [0.29, 0.717) is 0 Å². The first-order valence-electron chi connectivity index (χ1n) is 5.38. The molecule has 2 heteroatoms. The maximum atomic E-state index is 10.4.